The Morgan fingerprint density at radius 2 is 1.52 bits per heavy atom. The topological polar surface area (TPSA) is 39.8 Å². The maximum atomic E-state index is 5.26. The second-order valence-electron chi connectivity index (χ2n) is 6.63. The second kappa shape index (κ2) is 18.1. The van der Waals surface area contributed by atoms with E-state index in [0.29, 0.717) is 12.1 Å². The molecule has 0 aliphatic rings. The summed E-state index contributed by atoms with van der Waals surface area (Å²) in [6.45, 7) is 18.1. The molecule has 0 aliphatic heterocycles. The molecule has 0 radical (unpaired) electrons. The van der Waals surface area contributed by atoms with Gasteiger partial charge in [0.05, 0.1) is 6.61 Å². The van der Waals surface area contributed by atoms with Gasteiger partial charge in [0, 0.05) is 38.3 Å². The molecule has 0 saturated heterocycles. The Morgan fingerprint density at radius 3 is 1.96 bits per heavy atom. The van der Waals surface area contributed by atoms with E-state index in [1.807, 2.05) is 14.0 Å². The van der Waals surface area contributed by atoms with Crippen molar-refractivity contribution in [2.75, 3.05) is 67.1 Å². The molecule has 0 aromatic rings. The van der Waals surface area contributed by atoms with Crippen molar-refractivity contribution in [2.45, 2.75) is 53.1 Å². The molecule has 23 heavy (non-hydrogen) atoms. The predicted molar refractivity (Wildman–Crippen MR) is 103 cm³/mol. The van der Waals surface area contributed by atoms with Gasteiger partial charge in [0.15, 0.2) is 0 Å². The van der Waals surface area contributed by atoms with E-state index in [0.717, 1.165) is 39.4 Å². The lowest BCUT2D eigenvalue weighted by Gasteiger charge is -2.30. The Balaban J connectivity index is 0. The van der Waals surface area contributed by atoms with Crippen molar-refractivity contribution in [2.24, 2.45) is 0 Å². The van der Waals surface area contributed by atoms with Gasteiger partial charge in [-0.2, -0.15) is 0 Å². The quantitative estimate of drug-likeness (QED) is 0.504. The Morgan fingerprint density at radius 1 is 0.913 bits per heavy atom. The van der Waals surface area contributed by atoms with E-state index in [9.17, 15) is 0 Å². The second-order valence-corrected chi connectivity index (χ2v) is 6.63. The molecule has 5 heteroatoms. The van der Waals surface area contributed by atoms with Gasteiger partial charge in [-0.25, -0.2) is 0 Å². The SMILES string of the molecule is CCOCCNCCN(C(C)C)C(C)C.CNCCCN(C)C. The maximum absolute atomic E-state index is 5.26. The van der Waals surface area contributed by atoms with E-state index in [-0.39, 0.29) is 0 Å². The van der Waals surface area contributed by atoms with E-state index in [2.05, 4.69) is 62.2 Å². The van der Waals surface area contributed by atoms with Crippen molar-refractivity contribution in [3.63, 3.8) is 0 Å². The van der Waals surface area contributed by atoms with E-state index in [4.69, 9.17) is 4.74 Å². The molecule has 0 aliphatic carbocycles. The van der Waals surface area contributed by atoms with Crippen LogP contribution in [0.25, 0.3) is 0 Å². The van der Waals surface area contributed by atoms with Crippen molar-refractivity contribution in [3.05, 3.63) is 0 Å². The standard InChI is InChI=1S/C12H28N2O.C6H16N2/c1-6-15-10-8-13-7-9-14(11(2)3)12(4)5;1-7-5-4-6-8(2)3/h11-13H,6-10H2,1-5H3;7H,4-6H2,1-3H3. The van der Waals surface area contributed by atoms with Crippen molar-refractivity contribution in [1.82, 2.24) is 20.4 Å². The molecule has 0 heterocycles. The molecular weight excluding hydrogens is 288 g/mol. The first-order valence-electron chi connectivity index (χ1n) is 9.20. The Labute approximate surface area is 146 Å². The molecule has 0 unspecified atom stereocenters. The number of nitrogens with zero attached hydrogens (tertiary/aromatic N) is 2. The molecule has 0 bridgehead atoms. The molecule has 5 nitrogen and oxygen atoms in total. The minimum atomic E-state index is 0.624. The van der Waals surface area contributed by atoms with Crippen molar-refractivity contribution in [1.29, 1.82) is 0 Å². The van der Waals surface area contributed by atoms with E-state index in [1.165, 1.54) is 13.0 Å². The zero-order valence-electron chi connectivity index (χ0n) is 17.1. The molecule has 142 valence electrons. The molecule has 0 spiro atoms. The van der Waals surface area contributed by atoms with E-state index in [1.54, 1.807) is 0 Å². The van der Waals surface area contributed by atoms with Crippen molar-refractivity contribution >= 4 is 0 Å². The van der Waals surface area contributed by atoms with Crippen molar-refractivity contribution < 1.29 is 4.74 Å². The summed E-state index contributed by atoms with van der Waals surface area (Å²) in [6, 6.07) is 1.25. The van der Waals surface area contributed by atoms with Gasteiger partial charge in [0.25, 0.3) is 0 Å². The number of hydrogen-bond acceptors (Lipinski definition) is 5. The average Bonchev–Trinajstić information content (AvgIpc) is 2.46. The van der Waals surface area contributed by atoms with E-state index < -0.39 is 0 Å². The number of nitrogens with one attached hydrogen (secondary N) is 2. The highest BCUT2D eigenvalue weighted by Crippen LogP contribution is 2.02. The lowest BCUT2D eigenvalue weighted by atomic mass is 10.2. The number of hydrogen-bond donors (Lipinski definition) is 2. The molecule has 0 aromatic heterocycles. The van der Waals surface area contributed by atoms with Crippen LogP contribution in [-0.2, 0) is 4.74 Å². The zero-order valence-corrected chi connectivity index (χ0v) is 17.1. The van der Waals surface area contributed by atoms with Crippen LogP contribution in [0.3, 0.4) is 0 Å². The highest BCUT2D eigenvalue weighted by Gasteiger charge is 2.11. The zero-order chi connectivity index (χ0) is 18.1. The van der Waals surface area contributed by atoms with Gasteiger partial charge in [-0.05, 0) is 75.3 Å². The van der Waals surface area contributed by atoms with Crippen LogP contribution in [-0.4, -0.2) is 89.0 Å². The first-order chi connectivity index (χ1) is 10.9. The lowest BCUT2D eigenvalue weighted by molar-refractivity contribution is 0.144. The smallest absolute Gasteiger partial charge is 0.0590 e. The van der Waals surface area contributed by atoms with Gasteiger partial charge in [-0.3, -0.25) is 4.90 Å². The van der Waals surface area contributed by atoms with E-state index >= 15 is 0 Å². The molecular formula is C18H44N4O. The summed E-state index contributed by atoms with van der Waals surface area (Å²) in [4.78, 5) is 4.69. The molecule has 0 fully saturated rings. The number of ether oxygens (including phenoxy) is 1. The summed E-state index contributed by atoms with van der Waals surface area (Å²) in [5, 5.41) is 6.49. The van der Waals surface area contributed by atoms with Gasteiger partial charge in [-0.15, -0.1) is 0 Å². The van der Waals surface area contributed by atoms with Gasteiger partial charge >= 0.3 is 0 Å². The normalized spacial score (nSPS) is 11.5. The predicted octanol–water partition coefficient (Wildman–Crippen LogP) is 1.89. The molecule has 2 N–H and O–H groups in total. The third-order valence-corrected chi connectivity index (χ3v) is 3.53. The third kappa shape index (κ3) is 19.8. The fraction of sp³-hybridized carbons (Fsp3) is 1.00. The summed E-state index contributed by atoms with van der Waals surface area (Å²) < 4.78 is 5.26. The lowest BCUT2D eigenvalue weighted by Crippen LogP contribution is -2.41. The minimum absolute atomic E-state index is 0.624. The number of rotatable bonds is 13. The van der Waals surface area contributed by atoms with Crippen LogP contribution in [0.1, 0.15) is 41.0 Å². The summed E-state index contributed by atoms with van der Waals surface area (Å²) >= 11 is 0. The summed E-state index contributed by atoms with van der Waals surface area (Å²) in [7, 11) is 6.17. The fourth-order valence-electron chi connectivity index (χ4n) is 2.31. The van der Waals surface area contributed by atoms with Crippen LogP contribution >= 0.6 is 0 Å². The summed E-state index contributed by atoms with van der Waals surface area (Å²) in [5.41, 5.74) is 0. The Kier molecular flexibility index (Phi) is 19.8. The summed E-state index contributed by atoms with van der Waals surface area (Å²) in [6.07, 6.45) is 1.24. The van der Waals surface area contributed by atoms with Crippen LogP contribution in [0, 0.1) is 0 Å². The van der Waals surface area contributed by atoms with Crippen LogP contribution in [0.5, 0.6) is 0 Å². The van der Waals surface area contributed by atoms with Crippen LogP contribution < -0.4 is 10.6 Å². The van der Waals surface area contributed by atoms with Gasteiger partial charge < -0.3 is 20.3 Å². The van der Waals surface area contributed by atoms with Gasteiger partial charge in [0.2, 0.25) is 0 Å². The van der Waals surface area contributed by atoms with Gasteiger partial charge in [0.1, 0.15) is 0 Å². The molecule has 0 rings (SSSR count). The molecule has 0 aromatic carbocycles. The largest absolute Gasteiger partial charge is 0.380 e. The fourth-order valence-corrected chi connectivity index (χ4v) is 2.31. The molecule has 0 saturated carbocycles. The summed E-state index contributed by atoms with van der Waals surface area (Å²) in [5.74, 6) is 0. The third-order valence-electron chi connectivity index (χ3n) is 3.53. The monoisotopic (exact) mass is 332 g/mol. The molecule has 0 atom stereocenters. The average molecular weight is 333 g/mol. The van der Waals surface area contributed by atoms with Crippen LogP contribution in [0.2, 0.25) is 0 Å². The van der Waals surface area contributed by atoms with Crippen LogP contribution in [0.4, 0.5) is 0 Å². The first kappa shape index (κ1) is 25.0. The minimum Gasteiger partial charge on any atom is -0.380 e. The maximum Gasteiger partial charge on any atom is 0.0590 e. The van der Waals surface area contributed by atoms with Crippen LogP contribution in [0.15, 0.2) is 0 Å². The highest BCUT2D eigenvalue weighted by molar-refractivity contribution is 4.68. The first-order valence-corrected chi connectivity index (χ1v) is 9.20. The Bertz CT molecular complexity index is 215. The van der Waals surface area contributed by atoms with Gasteiger partial charge in [-0.1, -0.05) is 0 Å². The Hall–Kier alpha value is -0.200. The highest BCUT2D eigenvalue weighted by atomic mass is 16.5. The molecule has 0 amide bonds. The van der Waals surface area contributed by atoms with Crippen molar-refractivity contribution in [3.8, 4) is 0 Å².